The van der Waals surface area contributed by atoms with Crippen LogP contribution in [-0.4, -0.2) is 0 Å². The van der Waals surface area contributed by atoms with Crippen molar-refractivity contribution in [2.24, 2.45) is 5.73 Å². The second-order valence-electron chi connectivity index (χ2n) is 4.73. The first kappa shape index (κ1) is 13.7. The zero-order valence-electron chi connectivity index (χ0n) is 10.6. The fourth-order valence-corrected chi connectivity index (χ4v) is 3.86. The van der Waals surface area contributed by atoms with Crippen LogP contribution >= 0.6 is 27.3 Å². The maximum atomic E-state index is 13.1. The van der Waals surface area contributed by atoms with Crippen LogP contribution in [0.3, 0.4) is 0 Å². The number of hydrogen-bond acceptors (Lipinski definition) is 2. The van der Waals surface area contributed by atoms with Crippen LogP contribution < -0.4 is 5.73 Å². The summed E-state index contributed by atoms with van der Waals surface area (Å²) in [5.74, 6) is -0.241. The average molecular weight is 350 g/mol. The Morgan fingerprint density at radius 3 is 2.80 bits per heavy atom. The molecule has 0 radical (unpaired) electrons. The first-order chi connectivity index (χ1) is 9.65. The highest BCUT2D eigenvalue weighted by Gasteiger charge is 2.14. The molecule has 1 nitrogen and oxygen atoms in total. The molecule has 0 spiro atoms. The van der Waals surface area contributed by atoms with E-state index in [4.69, 9.17) is 5.73 Å². The minimum Gasteiger partial charge on any atom is -0.324 e. The molecular weight excluding hydrogens is 337 g/mol. The van der Waals surface area contributed by atoms with E-state index < -0.39 is 0 Å². The number of hydrogen-bond donors (Lipinski definition) is 1. The molecule has 0 saturated carbocycles. The number of thiophene rings is 1. The molecule has 0 fully saturated rings. The fraction of sp³-hybridized carbons (Fsp3) is 0.125. The maximum absolute atomic E-state index is 13.1. The van der Waals surface area contributed by atoms with Crippen molar-refractivity contribution in [1.82, 2.24) is 0 Å². The number of rotatable bonds is 3. The van der Waals surface area contributed by atoms with Gasteiger partial charge in [0.15, 0.2) is 0 Å². The SMILES string of the molecule is NC(Cc1ccc(F)cc1Br)c1csc2ccccc12. The molecule has 1 atom stereocenters. The molecule has 1 heterocycles. The average Bonchev–Trinajstić information content (AvgIpc) is 2.86. The predicted octanol–water partition coefficient (Wildman–Crippen LogP) is 5.05. The third kappa shape index (κ3) is 2.64. The summed E-state index contributed by atoms with van der Waals surface area (Å²) in [5, 5.41) is 3.33. The summed E-state index contributed by atoms with van der Waals surface area (Å²) in [7, 11) is 0. The van der Waals surface area contributed by atoms with Crippen molar-refractivity contribution in [3.63, 3.8) is 0 Å². The van der Waals surface area contributed by atoms with Crippen LogP contribution in [0, 0.1) is 5.82 Å². The maximum Gasteiger partial charge on any atom is 0.124 e. The topological polar surface area (TPSA) is 26.0 Å². The highest BCUT2D eigenvalue weighted by atomic mass is 79.9. The van der Waals surface area contributed by atoms with Gasteiger partial charge in [-0.2, -0.15) is 0 Å². The van der Waals surface area contributed by atoms with Crippen LogP contribution in [0.1, 0.15) is 17.2 Å². The van der Waals surface area contributed by atoms with Crippen molar-refractivity contribution in [1.29, 1.82) is 0 Å². The van der Waals surface area contributed by atoms with Crippen LogP contribution in [0.25, 0.3) is 10.1 Å². The normalized spacial score (nSPS) is 12.8. The lowest BCUT2D eigenvalue weighted by Crippen LogP contribution is -2.13. The van der Waals surface area contributed by atoms with E-state index in [1.54, 1.807) is 17.4 Å². The lowest BCUT2D eigenvalue weighted by atomic mass is 9.99. The van der Waals surface area contributed by atoms with Crippen molar-refractivity contribution >= 4 is 37.4 Å². The van der Waals surface area contributed by atoms with E-state index in [1.165, 1.54) is 22.2 Å². The highest BCUT2D eigenvalue weighted by molar-refractivity contribution is 9.10. The Morgan fingerprint density at radius 1 is 1.20 bits per heavy atom. The Balaban J connectivity index is 1.91. The van der Waals surface area contributed by atoms with Gasteiger partial charge in [0.1, 0.15) is 5.82 Å². The van der Waals surface area contributed by atoms with Gasteiger partial charge in [-0.3, -0.25) is 0 Å². The van der Waals surface area contributed by atoms with Gasteiger partial charge in [0.25, 0.3) is 0 Å². The number of halogens is 2. The van der Waals surface area contributed by atoms with Crippen molar-refractivity contribution in [2.75, 3.05) is 0 Å². The van der Waals surface area contributed by atoms with Crippen molar-refractivity contribution in [3.8, 4) is 0 Å². The van der Waals surface area contributed by atoms with Crippen LogP contribution in [-0.2, 0) is 6.42 Å². The standard InChI is InChI=1S/C16H13BrFNS/c17-14-8-11(18)6-5-10(14)7-15(19)13-9-20-16-4-2-1-3-12(13)16/h1-6,8-9,15H,7,19H2. The van der Waals surface area contributed by atoms with E-state index in [0.29, 0.717) is 6.42 Å². The summed E-state index contributed by atoms with van der Waals surface area (Å²) in [4.78, 5) is 0. The molecule has 0 amide bonds. The van der Waals surface area contributed by atoms with E-state index in [0.717, 1.165) is 15.6 Å². The zero-order chi connectivity index (χ0) is 14.1. The lowest BCUT2D eigenvalue weighted by Gasteiger charge is -2.12. The highest BCUT2D eigenvalue weighted by Crippen LogP contribution is 2.31. The van der Waals surface area contributed by atoms with Crippen molar-refractivity contribution in [3.05, 3.63) is 69.3 Å². The molecule has 2 N–H and O–H groups in total. The molecule has 1 aromatic heterocycles. The molecule has 20 heavy (non-hydrogen) atoms. The first-order valence-electron chi connectivity index (χ1n) is 6.31. The first-order valence-corrected chi connectivity index (χ1v) is 7.98. The third-order valence-corrected chi connectivity index (χ3v) is 5.09. The zero-order valence-corrected chi connectivity index (χ0v) is 13.0. The molecule has 0 bridgehead atoms. The summed E-state index contributed by atoms with van der Waals surface area (Å²) in [5.41, 5.74) is 8.51. The minimum atomic E-state index is -0.241. The minimum absolute atomic E-state index is 0.0899. The number of benzene rings is 2. The molecule has 2 aromatic carbocycles. The third-order valence-electron chi connectivity index (χ3n) is 3.37. The molecule has 0 aliphatic rings. The van der Waals surface area contributed by atoms with E-state index in [1.807, 2.05) is 12.1 Å². The summed E-state index contributed by atoms with van der Waals surface area (Å²) >= 11 is 5.10. The Hall–Kier alpha value is -1.23. The van der Waals surface area contributed by atoms with Crippen LogP contribution in [0.5, 0.6) is 0 Å². The Bertz CT molecular complexity index is 753. The van der Waals surface area contributed by atoms with Gasteiger partial charge in [0, 0.05) is 15.2 Å². The van der Waals surface area contributed by atoms with Gasteiger partial charge in [0.05, 0.1) is 0 Å². The van der Waals surface area contributed by atoms with E-state index >= 15 is 0 Å². The number of fused-ring (bicyclic) bond motifs is 1. The Morgan fingerprint density at radius 2 is 2.00 bits per heavy atom. The van der Waals surface area contributed by atoms with E-state index in [-0.39, 0.29) is 11.9 Å². The monoisotopic (exact) mass is 349 g/mol. The molecule has 3 aromatic rings. The molecule has 1 unspecified atom stereocenters. The smallest absolute Gasteiger partial charge is 0.124 e. The van der Waals surface area contributed by atoms with Crippen LogP contribution in [0.15, 0.2) is 52.3 Å². The molecule has 102 valence electrons. The van der Waals surface area contributed by atoms with Crippen LogP contribution in [0.4, 0.5) is 4.39 Å². The molecule has 4 heteroatoms. The largest absolute Gasteiger partial charge is 0.324 e. The van der Waals surface area contributed by atoms with Gasteiger partial charge in [-0.05, 0) is 46.5 Å². The van der Waals surface area contributed by atoms with Crippen molar-refractivity contribution < 1.29 is 4.39 Å². The quantitative estimate of drug-likeness (QED) is 0.703. The molecular formula is C16H13BrFNS. The second kappa shape index (κ2) is 5.64. The lowest BCUT2D eigenvalue weighted by molar-refractivity contribution is 0.624. The Kier molecular flexibility index (Phi) is 3.87. The second-order valence-corrected chi connectivity index (χ2v) is 6.50. The van der Waals surface area contributed by atoms with E-state index in [9.17, 15) is 4.39 Å². The molecule has 0 aliphatic carbocycles. The fourth-order valence-electron chi connectivity index (χ4n) is 2.32. The van der Waals surface area contributed by atoms with Gasteiger partial charge >= 0.3 is 0 Å². The van der Waals surface area contributed by atoms with Crippen molar-refractivity contribution in [2.45, 2.75) is 12.5 Å². The van der Waals surface area contributed by atoms with E-state index in [2.05, 4.69) is 33.4 Å². The van der Waals surface area contributed by atoms with Crippen LogP contribution in [0.2, 0.25) is 0 Å². The van der Waals surface area contributed by atoms with Gasteiger partial charge in [-0.1, -0.05) is 40.2 Å². The summed E-state index contributed by atoms with van der Waals surface area (Å²) < 4.78 is 15.1. The summed E-state index contributed by atoms with van der Waals surface area (Å²) in [6.07, 6.45) is 0.682. The van der Waals surface area contributed by atoms with Gasteiger partial charge in [-0.15, -0.1) is 11.3 Å². The molecule has 0 saturated heterocycles. The Labute approximate surface area is 129 Å². The predicted molar refractivity (Wildman–Crippen MR) is 86.6 cm³/mol. The number of nitrogens with two attached hydrogens (primary N) is 1. The van der Waals surface area contributed by atoms with Gasteiger partial charge in [-0.25, -0.2) is 4.39 Å². The summed E-state index contributed by atoms with van der Waals surface area (Å²) in [6.45, 7) is 0. The van der Waals surface area contributed by atoms with Gasteiger partial charge < -0.3 is 5.73 Å². The summed E-state index contributed by atoms with van der Waals surface area (Å²) in [6, 6.07) is 12.9. The molecule has 0 aliphatic heterocycles. The molecule has 3 rings (SSSR count). The van der Waals surface area contributed by atoms with Gasteiger partial charge in [0.2, 0.25) is 0 Å².